The lowest BCUT2D eigenvalue weighted by Gasteiger charge is -2.21. The Kier molecular flexibility index (Phi) is 5.51. The predicted molar refractivity (Wildman–Crippen MR) is 127 cm³/mol. The largest absolute Gasteiger partial charge is 0.451 e. The van der Waals surface area contributed by atoms with E-state index in [1.165, 1.54) is 12.1 Å². The minimum Gasteiger partial charge on any atom is -0.451 e. The molecule has 5 rings (SSSR count). The van der Waals surface area contributed by atoms with Crippen LogP contribution in [0.5, 0.6) is 0 Å². The summed E-state index contributed by atoms with van der Waals surface area (Å²) >= 11 is 0. The number of hydrogen-bond donors (Lipinski definition) is 0. The zero-order valence-corrected chi connectivity index (χ0v) is 18.9. The van der Waals surface area contributed by atoms with Crippen molar-refractivity contribution in [3.8, 4) is 34.4 Å². The Labute approximate surface area is 191 Å². The number of furan rings is 1. The molecule has 1 aliphatic heterocycles. The van der Waals surface area contributed by atoms with Crippen molar-refractivity contribution in [2.24, 2.45) is 5.18 Å². The summed E-state index contributed by atoms with van der Waals surface area (Å²) in [6, 6.07) is 17.7. The fraction of sp³-hybridized carbons (Fsp3) is 0.280. The summed E-state index contributed by atoms with van der Waals surface area (Å²) in [5, 5.41) is 11.4. The molecule has 3 heterocycles. The molecule has 1 unspecified atom stereocenters. The van der Waals surface area contributed by atoms with Gasteiger partial charge in [0, 0.05) is 35.9 Å². The number of hydrogen-bond acceptors (Lipinski definition) is 8. The van der Waals surface area contributed by atoms with Crippen LogP contribution in [-0.2, 0) is 0 Å². The Hall–Kier alpha value is -3.78. The normalized spacial score (nSPS) is 16.0. The highest BCUT2D eigenvalue weighted by molar-refractivity contribution is 5.74. The summed E-state index contributed by atoms with van der Waals surface area (Å²) in [6.07, 6.45) is 1.17. The zero-order valence-electron chi connectivity index (χ0n) is 18.9. The van der Waals surface area contributed by atoms with Crippen LogP contribution in [0.4, 0.5) is 11.4 Å². The molecule has 4 aromatic rings. The first kappa shape index (κ1) is 21.1. The fourth-order valence-corrected chi connectivity index (χ4v) is 4.18. The highest BCUT2D eigenvalue weighted by atomic mass is 16.4. The molecule has 0 amide bonds. The van der Waals surface area contributed by atoms with Gasteiger partial charge in [0.15, 0.2) is 5.76 Å². The lowest BCUT2D eigenvalue weighted by atomic mass is 10.1. The maximum atomic E-state index is 11.2. The minimum absolute atomic E-state index is 0.279. The molecule has 1 saturated heterocycles. The molecule has 0 N–H and O–H groups in total. The second kappa shape index (κ2) is 8.63. The van der Waals surface area contributed by atoms with Crippen molar-refractivity contribution < 1.29 is 8.83 Å². The molecule has 8 nitrogen and oxygen atoms in total. The van der Waals surface area contributed by atoms with E-state index >= 15 is 0 Å². The van der Waals surface area contributed by atoms with Crippen LogP contribution in [0.1, 0.15) is 12.0 Å². The Morgan fingerprint density at radius 2 is 1.73 bits per heavy atom. The number of aryl methyl sites for hydroxylation is 1. The molecule has 1 atom stereocenters. The number of nitroso groups, excluding NO2 is 1. The van der Waals surface area contributed by atoms with Crippen molar-refractivity contribution in [1.29, 1.82) is 0 Å². The lowest BCUT2D eigenvalue weighted by molar-refractivity contribution is 0.315. The van der Waals surface area contributed by atoms with Crippen LogP contribution in [-0.4, -0.2) is 48.3 Å². The Bertz CT molecular complexity index is 1280. The maximum Gasteiger partial charge on any atom is 0.283 e. The van der Waals surface area contributed by atoms with E-state index in [2.05, 4.69) is 51.4 Å². The molecular weight excluding hydrogens is 418 g/mol. The van der Waals surface area contributed by atoms with Gasteiger partial charge < -0.3 is 18.6 Å². The maximum absolute atomic E-state index is 11.2. The van der Waals surface area contributed by atoms with Gasteiger partial charge >= 0.3 is 0 Å². The standard InChI is InChI=1S/C25H25N5O3/c1-16-4-9-20(21(14-16)28-31)22-10-11-23(32-22)25-27-26-24(33-25)17-5-7-18(8-6-17)30-13-12-19(15-30)29(2)3/h4-11,14,19H,12-13,15H2,1-3H3. The molecule has 2 aromatic carbocycles. The first-order valence-corrected chi connectivity index (χ1v) is 10.9. The zero-order chi connectivity index (χ0) is 22.9. The van der Waals surface area contributed by atoms with Crippen LogP contribution in [0.3, 0.4) is 0 Å². The van der Waals surface area contributed by atoms with Crippen molar-refractivity contribution in [3.63, 3.8) is 0 Å². The number of aromatic nitrogens is 2. The van der Waals surface area contributed by atoms with Crippen LogP contribution in [0, 0.1) is 11.8 Å². The highest BCUT2D eigenvalue weighted by Gasteiger charge is 2.24. The van der Waals surface area contributed by atoms with Crippen LogP contribution >= 0.6 is 0 Å². The summed E-state index contributed by atoms with van der Waals surface area (Å²) in [7, 11) is 4.26. The van der Waals surface area contributed by atoms with E-state index in [1.807, 2.05) is 31.2 Å². The monoisotopic (exact) mass is 443 g/mol. The van der Waals surface area contributed by atoms with Gasteiger partial charge in [-0.3, -0.25) is 0 Å². The lowest BCUT2D eigenvalue weighted by Crippen LogP contribution is -2.31. The molecule has 0 bridgehead atoms. The van der Waals surface area contributed by atoms with Gasteiger partial charge in [0.1, 0.15) is 11.4 Å². The van der Waals surface area contributed by atoms with Crippen molar-refractivity contribution in [1.82, 2.24) is 15.1 Å². The van der Waals surface area contributed by atoms with Gasteiger partial charge in [-0.1, -0.05) is 6.07 Å². The minimum atomic E-state index is 0.279. The number of anilines is 1. The third kappa shape index (κ3) is 4.17. The van der Waals surface area contributed by atoms with Gasteiger partial charge in [0.05, 0.1) is 0 Å². The second-order valence-corrected chi connectivity index (χ2v) is 8.59. The van der Waals surface area contributed by atoms with Gasteiger partial charge in [-0.15, -0.1) is 15.1 Å². The van der Waals surface area contributed by atoms with Crippen molar-refractivity contribution in [2.75, 3.05) is 32.1 Å². The highest BCUT2D eigenvalue weighted by Crippen LogP contribution is 2.35. The number of nitrogens with zero attached hydrogens (tertiary/aromatic N) is 5. The van der Waals surface area contributed by atoms with Gasteiger partial charge in [-0.25, -0.2) is 0 Å². The Balaban J connectivity index is 1.34. The molecule has 1 aliphatic rings. The molecule has 33 heavy (non-hydrogen) atoms. The molecule has 0 saturated carbocycles. The number of benzene rings is 2. The molecule has 8 heteroatoms. The van der Waals surface area contributed by atoms with Crippen molar-refractivity contribution in [3.05, 3.63) is 65.1 Å². The van der Waals surface area contributed by atoms with Crippen LogP contribution in [0.25, 0.3) is 34.4 Å². The van der Waals surface area contributed by atoms with E-state index in [9.17, 15) is 4.91 Å². The predicted octanol–water partition coefficient (Wildman–Crippen LogP) is 5.51. The van der Waals surface area contributed by atoms with Crippen LogP contribution < -0.4 is 4.90 Å². The topological polar surface area (TPSA) is 88.0 Å². The molecule has 1 fully saturated rings. The average Bonchev–Trinajstić information content (AvgIpc) is 3.59. The fourth-order valence-electron chi connectivity index (χ4n) is 4.18. The van der Waals surface area contributed by atoms with Gasteiger partial charge in [0.2, 0.25) is 5.89 Å². The first-order valence-electron chi connectivity index (χ1n) is 10.9. The first-order chi connectivity index (χ1) is 16.0. The second-order valence-electron chi connectivity index (χ2n) is 8.59. The molecule has 0 radical (unpaired) electrons. The Morgan fingerprint density at radius 1 is 0.970 bits per heavy atom. The third-order valence-corrected chi connectivity index (χ3v) is 6.13. The number of rotatable bonds is 6. The van der Waals surface area contributed by atoms with Gasteiger partial charge in [0.25, 0.3) is 5.89 Å². The molecule has 168 valence electrons. The van der Waals surface area contributed by atoms with Crippen molar-refractivity contribution >= 4 is 11.4 Å². The smallest absolute Gasteiger partial charge is 0.283 e. The summed E-state index contributed by atoms with van der Waals surface area (Å²) in [5.74, 6) is 1.66. The summed E-state index contributed by atoms with van der Waals surface area (Å²) < 4.78 is 11.8. The van der Waals surface area contributed by atoms with E-state index in [1.54, 1.807) is 18.2 Å². The Morgan fingerprint density at radius 3 is 2.45 bits per heavy atom. The van der Waals surface area contributed by atoms with Crippen LogP contribution in [0.15, 0.2) is 68.6 Å². The van der Waals surface area contributed by atoms with E-state index in [0.717, 1.165) is 24.2 Å². The molecular formula is C25H25N5O3. The summed E-state index contributed by atoms with van der Waals surface area (Å²) in [4.78, 5) is 15.9. The van der Waals surface area contributed by atoms with E-state index in [-0.39, 0.29) is 5.89 Å². The summed E-state index contributed by atoms with van der Waals surface area (Å²) in [5.41, 5.74) is 3.94. The quantitative estimate of drug-likeness (QED) is 0.363. The van der Waals surface area contributed by atoms with Crippen LogP contribution in [0.2, 0.25) is 0 Å². The molecule has 0 spiro atoms. The molecule has 2 aromatic heterocycles. The van der Waals surface area contributed by atoms with E-state index in [0.29, 0.717) is 34.7 Å². The van der Waals surface area contributed by atoms with E-state index < -0.39 is 0 Å². The number of likely N-dealkylation sites (N-methyl/N-ethyl adjacent to an activating group) is 1. The van der Waals surface area contributed by atoms with E-state index in [4.69, 9.17) is 8.83 Å². The average molecular weight is 444 g/mol. The summed E-state index contributed by atoms with van der Waals surface area (Å²) in [6.45, 7) is 3.99. The SMILES string of the molecule is Cc1ccc(-c2ccc(-c3nnc(-c4ccc(N5CCC(N(C)C)C5)cc4)o3)o2)c(N=O)c1. The molecule has 0 aliphatic carbocycles. The third-order valence-electron chi connectivity index (χ3n) is 6.13. The van der Waals surface area contributed by atoms with Gasteiger partial charge in [-0.05, 0) is 86.7 Å². The van der Waals surface area contributed by atoms with Crippen molar-refractivity contribution in [2.45, 2.75) is 19.4 Å². The van der Waals surface area contributed by atoms with Gasteiger partial charge in [-0.2, -0.15) is 0 Å².